The quantitative estimate of drug-likeness (QED) is 0.639. The molecule has 1 aromatic carbocycles. The van der Waals surface area contributed by atoms with Crippen molar-refractivity contribution in [3.63, 3.8) is 0 Å². The molecule has 0 heterocycles. The Kier molecular flexibility index (Phi) is 4.20. The Morgan fingerprint density at radius 3 is 2.23 bits per heavy atom. The zero-order chi connectivity index (χ0) is 10.1. The minimum absolute atomic E-state index is 0.475. The van der Waals surface area contributed by atoms with E-state index in [2.05, 4.69) is 31.9 Å². The lowest BCUT2D eigenvalue weighted by molar-refractivity contribution is 0.318. The second kappa shape index (κ2) is 4.58. The van der Waals surface area contributed by atoms with Crippen LogP contribution in [0.4, 0.5) is 0 Å². The van der Waals surface area contributed by atoms with Crippen LogP contribution >= 0.6 is 66.7 Å². The zero-order valence-corrected chi connectivity index (χ0v) is 11.5. The van der Waals surface area contributed by atoms with Gasteiger partial charge in [-0.05, 0) is 68.9 Å². The third kappa shape index (κ3) is 4.26. The van der Waals surface area contributed by atoms with E-state index in [1.165, 1.54) is 0 Å². The Morgan fingerprint density at radius 1 is 1.15 bits per heavy atom. The molecule has 0 aliphatic rings. The molecule has 72 valence electrons. The van der Waals surface area contributed by atoms with Gasteiger partial charge >= 0.3 is 3.98 Å². The van der Waals surface area contributed by atoms with Crippen LogP contribution in [-0.2, 0) is 0 Å². The molecule has 0 N–H and O–H groups in total. The van der Waals surface area contributed by atoms with Crippen LogP contribution in [0.25, 0.3) is 0 Å². The summed E-state index contributed by atoms with van der Waals surface area (Å²) in [6, 6.07) is 5.28. The molecular formula is C7H3Br2Cl3O. The van der Waals surface area contributed by atoms with Gasteiger partial charge in [0.15, 0.2) is 0 Å². The fraction of sp³-hybridized carbons (Fsp3) is 0.143. The maximum atomic E-state index is 5.46. The van der Waals surface area contributed by atoms with Crippen molar-refractivity contribution in [2.24, 2.45) is 0 Å². The summed E-state index contributed by atoms with van der Waals surface area (Å²) in [4.78, 5) is 0. The van der Waals surface area contributed by atoms with Crippen LogP contribution in [0, 0.1) is 0 Å². The van der Waals surface area contributed by atoms with Crippen molar-refractivity contribution < 1.29 is 4.74 Å². The Labute approximate surface area is 108 Å². The van der Waals surface area contributed by atoms with Gasteiger partial charge < -0.3 is 4.74 Å². The average molecular weight is 369 g/mol. The van der Waals surface area contributed by atoms with Crippen LogP contribution < -0.4 is 4.74 Å². The number of ether oxygens (including phenoxy) is 1. The molecule has 6 heteroatoms. The van der Waals surface area contributed by atoms with Crippen molar-refractivity contribution in [1.82, 2.24) is 0 Å². The minimum Gasteiger partial charge on any atom is -0.444 e. The monoisotopic (exact) mass is 366 g/mol. The lowest BCUT2D eigenvalue weighted by Crippen LogP contribution is -2.12. The smallest absolute Gasteiger partial charge is 0.338 e. The van der Waals surface area contributed by atoms with Crippen LogP contribution in [0.5, 0.6) is 5.75 Å². The van der Waals surface area contributed by atoms with E-state index in [9.17, 15) is 0 Å². The Bertz CT molecular complexity index is 311. The van der Waals surface area contributed by atoms with Gasteiger partial charge in [0.1, 0.15) is 5.75 Å². The summed E-state index contributed by atoms with van der Waals surface area (Å²) < 4.78 is 4.91. The van der Waals surface area contributed by atoms with Crippen molar-refractivity contribution in [3.8, 4) is 5.75 Å². The van der Waals surface area contributed by atoms with Crippen LogP contribution in [-0.4, -0.2) is 3.98 Å². The first-order valence-corrected chi connectivity index (χ1v) is 5.81. The van der Waals surface area contributed by atoms with E-state index >= 15 is 0 Å². The number of hydrogen-bond donors (Lipinski definition) is 0. The highest BCUT2D eigenvalue weighted by Crippen LogP contribution is 2.35. The first kappa shape index (κ1) is 11.9. The summed E-state index contributed by atoms with van der Waals surface area (Å²) in [5.41, 5.74) is 0. The number of benzene rings is 1. The van der Waals surface area contributed by atoms with E-state index in [1.54, 1.807) is 18.2 Å². The van der Waals surface area contributed by atoms with Gasteiger partial charge in [-0.3, -0.25) is 0 Å². The summed E-state index contributed by atoms with van der Waals surface area (Å²) in [5.74, 6) is 0.475. The largest absolute Gasteiger partial charge is 0.444 e. The van der Waals surface area contributed by atoms with Gasteiger partial charge in [-0.2, -0.15) is 0 Å². The van der Waals surface area contributed by atoms with E-state index in [1.807, 2.05) is 0 Å². The summed E-state index contributed by atoms with van der Waals surface area (Å²) in [6.07, 6.45) is 0. The van der Waals surface area contributed by atoms with Gasteiger partial charge in [0.05, 0.1) is 4.47 Å². The second-order valence-corrected chi connectivity index (χ2v) is 6.07. The van der Waals surface area contributed by atoms with Gasteiger partial charge in [-0.1, -0.05) is 15.9 Å². The zero-order valence-electron chi connectivity index (χ0n) is 6.03. The standard InChI is InChI=1S/C7H3Br2Cl3O/c8-4-1-2-6(5(9)3-4)13-7(10,11)12/h1-3H. The van der Waals surface area contributed by atoms with E-state index in [4.69, 9.17) is 39.5 Å². The van der Waals surface area contributed by atoms with E-state index < -0.39 is 3.98 Å². The molecule has 0 spiro atoms. The Morgan fingerprint density at radius 2 is 1.77 bits per heavy atom. The topological polar surface area (TPSA) is 9.23 Å². The minimum atomic E-state index is -1.74. The lowest BCUT2D eigenvalue weighted by atomic mass is 10.3. The second-order valence-electron chi connectivity index (χ2n) is 2.12. The lowest BCUT2D eigenvalue weighted by Gasteiger charge is -2.14. The molecule has 0 atom stereocenters. The average Bonchev–Trinajstić information content (AvgIpc) is 1.93. The van der Waals surface area contributed by atoms with Gasteiger partial charge in [-0.25, -0.2) is 0 Å². The van der Waals surface area contributed by atoms with Crippen molar-refractivity contribution in [2.45, 2.75) is 3.98 Å². The van der Waals surface area contributed by atoms with E-state index in [-0.39, 0.29) is 0 Å². The highest BCUT2D eigenvalue weighted by atomic mass is 79.9. The van der Waals surface area contributed by atoms with E-state index in [0.717, 1.165) is 4.47 Å². The molecule has 0 aliphatic heterocycles. The molecule has 1 rings (SSSR count). The first-order chi connectivity index (χ1) is 5.88. The molecule has 13 heavy (non-hydrogen) atoms. The van der Waals surface area contributed by atoms with Crippen molar-refractivity contribution in [2.75, 3.05) is 0 Å². The molecule has 0 bridgehead atoms. The summed E-state index contributed by atoms with van der Waals surface area (Å²) in [7, 11) is 0. The van der Waals surface area contributed by atoms with Gasteiger partial charge in [0, 0.05) is 4.47 Å². The van der Waals surface area contributed by atoms with Crippen LogP contribution in [0.1, 0.15) is 0 Å². The third-order valence-electron chi connectivity index (χ3n) is 1.12. The van der Waals surface area contributed by atoms with Crippen molar-refractivity contribution >= 4 is 66.7 Å². The fourth-order valence-corrected chi connectivity index (χ4v) is 2.06. The SMILES string of the molecule is ClC(Cl)(Cl)Oc1ccc(Br)cc1Br. The normalized spacial score (nSPS) is 11.5. The van der Waals surface area contributed by atoms with E-state index in [0.29, 0.717) is 10.2 Å². The molecule has 0 unspecified atom stereocenters. The molecule has 0 saturated carbocycles. The number of halogens is 5. The summed E-state index contributed by atoms with van der Waals surface area (Å²) >= 11 is 22.9. The van der Waals surface area contributed by atoms with Crippen LogP contribution in [0.2, 0.25) is 0 Å². The van der Waals surface area contributed by atoms with Crippen LogP contribution in [0.3, 0.4) is 0 Å². The van der Waals surface area contributed by atoms with Gasteiger partial charge in [0.2, 0.25) is 0 Å². The Hall–Kier alpha value is 0.850. The van der Waals surface area contributed by atoms with Gasteiger partial charge in [0.25, 0.3) is 0 Å². The molecule has 1 aromatic rings. The number of hydrogen-bond acceptors (Lipinski definition) is 1. The number of alkyl halides is 3. The first-order valence-electron chi connectivity index (χ1n) is 3.09. The van der Waals surface area contributed by atoms with Gasteiger partial charge in [-0.15, -0.1) is 0 Å². The predicted octanol–water partition coefficient (Wildman–Crippen LogP) is 4.92. The Balaban J connectivity index is 2.90. The molecule has 0 aromatic heterocycles. The predicted molar refractivity (Wildman–Crippen MR) is 62.8 cm³/mol. The van der Waals surface area contributed by atoms with Crippen LogP contribution in [0.15, 0.2) is 27.1 Å². The molecule has 0 radical (unpaired) electrons. The highest BCUT2D eigenvalue weighted by molar-refractivity contribution is 9.11. The highest BCUT2D eigenvalue weighted by Gasteiger charge is 2.22. The molecule has 0 aliphatic carbocycles. The number of rotatable bonds is 1. The maximum Gasteiger partial charge on any atom is 0.338 e. The van der Waals surface area contributed by atoms with Crippen molar-refractivity contribution in [3.05, 3.63) is 27.1 Å². The summed E-state index contributed by atoms with van der Waals surface area (Å²) in [6.45, 7) is 0. The maximum absolute atomic E-state index is 5.46. The molecule has 0 saturated heterocycles. The summed E-state index contributed by atoms with van der Waals surface area (Å²) in [5, 5.41) is 0. The fourth-order valence-electron chi connectivity index (χ4n) is 0.683. The molecule has 1 nitrogen and oxygen atoms in total. The molecular weight excluding hydrogens is 366 g/mol. The van der Waals surface area contributed by atoms with Crippen molar-refractivity contribution in [1.29, 1.82) is 0 Å². The third-order valence-corrected chi connectivity index (χ3v) is 2.46. The molecule has 0 amide bonds. The molecule has 0 fully saturated rings.